The van der Waals surface area contributed by atoms with Gasteiger partial charge in [-0.2, -0.15) is 0 Å². The highest BCUT2D eigenvalue weighted by atomic mass is 19.1. The van der Waals surface area contributed by atoms with Gasteiger partial charge in [0.15, 0.2) is 0 Å². The lowest BCUT2D eigenvalue weighted by Crippen LogP contribution is -2.10. The second-order valence-corrected chi connectivity index (χ2v) is 10.4. The van der Waals surface area contributed by atoms with E-state index in [4.69, 9.17) is 0 Å². The number of allylic oxidation sites excluding steroid dienone is 1. The molecular formula is C39H52F2N2O. The van der Waals surface area contributed by atoms with Crippen LogP contribution < -0.4 is 5.73 Å². The van der Waals surface area contributed by atoms with Crippen LogP contribution in [-0.2, 0) is 19.3 Å². The molecule has 3 aromatic carbocycles. The molecule has 0 fully saturated rings. The summed E-state index contributed by atoms with van der Waals surface area (Å²) >= 11 is 0. The number of rotatable bonds is 11. The zero-order valence-corrected chi connectivity index (χ0v) is 27.4. The number of hydrogen-bond acceptors (Lipinski definition) is 3. The monoisotopic (exact) mass is 602 g/mol. The van der Waals surface area contributed by atoms with Crippen LogP contribution in [0.25, 0.3) is 10.8 Å². The topological polar surface area (TPSA) is 59.1 Å². The largest absolute Gasteiger partial charge is 0.512 e. The molecule has 4 rings (SSSR count). The van der Waals surface area contributed by atoms with Crippen molar-refractivity contribution in [1.82, 2.24) is 4.98 Å². The zero-order chi connectivity index (χ0) is 32.9. The average Bonchev–Trinajstić information content (AvgIpc) is 3.02. The molecule has 4 aromatic rings. The van der Waals surface area contributed by atoms with Gasteiger partial charge >= 0.3 is 0 Å². The van der Waals surface area contributed by atoms with Gasteiger partial charge in [0.1, 0.15) is 11.6 Å². The van der Waals surface area contributed by atoms with Gasteiger partial charge in [-0.1, -0.05) is 122 Å². The predicted molar refractivity (Wildman–Crippen MR) is 185 cm³/mol. The van der Waals surface area contributed by atoms with Crippen LogP contribution in [0.1, 0.15) is 100 Å². The summed E-state index contributed by atoms with van der Waals surface area (Å²) in [5, 5.41) is 12.4. The third kappa shape index (κ3) is 12.3. The fraction of sp³-hybridized carbons (Fsp3) is 0.359. The molecule has 0 radical (unpaired) electrons. The number of hydrogen-bond donors (Lipinski definition) is 2. The summed E-state index contributed by atoms with van der Waals surface area (Å²) in [7, 11) is 0. The van der Waals surface area contributed by atoms with Gasteiger partial charge in [-0.25, -0.2) is 8.78 Å². The number of aliphatic hydroxyl groups is 1. The highest BCUT2D eigenvalue weighted by Crippen LogP contribution is 2.31. The van der Waals surface area contributed by atoms with Gasteiger partial charge in [-0.15, -0.1) is 0 Å². The second kappa shape index (κ2) is 21.7. The normalized spacial score (nSPS) is 10.7. The van der Waals surface area contributed by atoms with E-state index in [-0.39, 0.29) is 17.7 Å². The minimum Gasteiger partial charge on any atom is -0.512 e. The van der Waals surface area contributed by atoms with Gasteiger partial charge in [0.05, 0.1) is 11.7 Å². The molecule has 1 heterocycles. The van der Waals surface area contributed by atoms with Crippen molar-refractivity contribution < 1.29 is 13.9 Å². The predicted octanol–water partition coefficient (Wildman–Crippen LogP) is 11.2. The van der Waals surface area contributed by atoms with Gasteiger partial charge in [0, 0.05) is 23.3 Å². The highest BCUT2D eigenvalue weighted by molar-refractivity contribution is 5.86. The number of nitrogens with zero attached hydrogens (tertiary/aromatic N) is 1. The fourth-order valence-corrected chi connectivity index (χ4v) is 4.92. The van der Waals surface area contributed by atoms with Crippen molar-refractivity contribution >= 4 is 10.8 Å². The van der Waals surface area contributed by atoms with Crippen molar-refractivity contribution in [2.24, 2.45) is 5.73 Å². The maximum absolute atomic E-state index is 14.4. The number of benzene rings is 3. The molecule has 0 aliphatic rings. The number of unbranched alkanes of at least 4 members (excludes halogenated alkanes) is 4. The molecule has 3 nitrogen and oxygen atoms in total. The molecule has 1 aromatic heterocycles. The van der Waals surface area contributed by atoms with Gasteiger partial charge in [0.2, 0.25) is 0 Å². The Hall–Kier alpha value is -3.99. The van der Waals surface area contributed by atoms with Gasteiger partial charge in [0.25, 0.3) is 0 Å². The first kappa shape index (κ1) is 38.0. The van der Waals surface area contributed by atoms with Gasteiger partial charge in [-0.3, -0.25) is 4.98 Å². The van der Waals surface area contributed by atoms with Crippen LogP contribution in [0.2, 0.25) is 0 Å². The first-order valence-electron chi connectivity index (χ1n) is 15.9. The molecule has 0 amide bonds. The minimum absolute atomic E-state index is 0.155. The van der Waals surface area contributed by atoms with E-state index >= 15 is 0 Å². The molecule has 1 unspecified atom stereocenters. The molecule has 0 saturated heterocycles. The van der Waals surface area contributed by atoms with E-state index in [0.717, 1.165) is 28.3 Å². The van der Waals surface area contributed by atoms with Crippen molar-refractivity contribution in [3.05, 3.63) is 138 Å². The summed E-state index contributed by atoms with van der Waals surface area (Å²) < 4.78 is 28.7. The first-order chi connectivity index (χ1) is 21.3. The highest BCUT2D eigenvalue weighted by Gasteiger charge is 2.23. The van der Waals surface area contributed by atoms with Gasteiger partial charge < -0.3 is 10.8 Å². The molecule has 0 spiro atoms. The van der Waals surface area contributed by atoms with Crippen LogP contribution in [0.15, 0.2) is 98.2 Å². The van der Waals surface area contributed by atoms with Crippen molar-refractivity contribution in [1.29, 1.82) is 0 Å². The van der Waals surface area contributed by atoms with Crippen LogP contribution in [0.4, 0.5) is 8.78 Å². The van der Waals surface area contributed by atoms with Crippen LogP contribution >= 0.6 is 0 Å². The molecule has 0 aliphatic carbocycles. The number of aryl methyl sites for hydroxylation is 1. The van der Waals surface area contributed by atoms with Crippen LogP contribution in [0.3, 0.4) is 0 Å². The lowest BCUT2D eigenvalue weighted by molar-refractivity contribution is 0.359. The second-order valence-electron chi connectivity index (χ2n) is 10.4. The lowest BCUT2D eigenvalue weighted by Gasteiger charge is -2.18. The summed E-state index contributed by atoms with van der Waals surface area (Å²) in [6, 6.07) is 18.0. The minimum atomic E-state index is -0.861. The number of nitrogens with two attached hydrogens (primary N) is 1. The Morgan fingerprint density at radius 2 is 1.48 bits per heavy atom. The Kier molecular flexibility index (Phi) is 18.7. The lowest BCUT2D eigenvalue weighted by atomic mass is 9.88. The molecule has 0 saturated carbocycles. The molecule has 238 valence electrons. The maximum Gasteiger partial charge on any atom is 0.130 e. The quantitative estimate of drug-likeness (QED) is 0.133. The third-order valence-electron chi connectivity index (χ3n) is 7.09. The van der Waals surface area contributed by atoms with Crippen LogP contribution in [0.5, 0.6) is 0 Å². The average molecular weight is 603 g/mol. The van der Waals surface area contributed by atoms with E-state index in [2.05, 4.69) is 56.8 Å². The number of fused-ring (bicyclic) bond motifs is 1. The molecule has 5 heteroatoms. The Morgan fingerprint density at radius 3 is 2.05 bits per heavy atom. The summed E-state index contributed by atoms with van der Waals surface area (Å²) in [6.07, 6.45) is 13.9. The van der Waals surface area contributed by atoms with Crippen LogP contribution in [0, 0.1) is 11.6 Å². The maximum atomic E-state index is 14.4. The zero-order valence-electron chi connectivity index (χ0n) is 27.4. The smallest absolute Gasteiger partial charge is 0.130 e. The number of halogens is 2. The van der Waals surface area contributed by atoms with Gasteiger partial charge in [-0.05, 0) is 71.3 Å². The standard InChI is InChI=1S/C28H25F2NO.C7H16.C2H5N.C2H6/c1-3-19-13-22-10-11-31-17-25(22)23(14-19)15-20-6-4-7-21(12-20)16-24(18(2)32)28-26(29)8-5-9-27(28)30;1-3-5-7-6-4-2;1-2-3;1-2/h4-14,17,24,32H,2-3,15-16H2,1H3;3-7H2,1-2H3;2H,1,3H2;1-2H3. The van der Waals surface area contributed by atoms with E-state index in [1.807, 2.05) is 50.4 Å². The number of aromatic nitrogens is 1. The first-order valence-corrected chi connectivity index (χ1v) is 15.9. The van der Waals surface area contributed by atoms with E-state index in [1.54, 1.807) is 6.20 Å². The Labute approximate surface area is 264 Å². The van der Waals surface area contributed by atoms with E-state index < -0.39 is 17.6 Å². The summed E-state index contributed by atoms with van der Waals surface area (Å²) in [4.78, 5) is 4.29. The Balaban J connectivity index is 0.000000693. The van der Waals surface area contributed by atoms with E-state index in [1.165, 1.54) is 67.6 Å². The van der Waals surface area contributed by atoms with Crippen LogP contribution in [-0.4, -0.2) is 10.1 Å². The molecule has 1 atom stereocenters. The van der Waals surface area contributed by atoms with E-state index in [9.17, 15) is 13.9 Å². The molecule has 0 bridgehead atoms. The SMILES string of the molecule is C=C(O)C(Cc1cccc(Cc2cc(CC)cc3ccncc23)c1)c1c(F)cccc1F.C=CN.CC.CCCCCCC. The number of pyridine rings is 1. The Bertz CT molecular complexity index is 1390. The molecule has 3 N–H and O–H groups in total. The molecule has 44 heavy (non-hydrogen) atoms. The van der Waals surface area contributed by atoms with Crippen molar-refractivity contribution in [3.8, 4) is 0 Å². The summed E-state index contributed by atoms with van der Waals surface area (Å²) in [6.45, 7) is 17.3. The van der Waals surface area contributed by atoms with Crippen molar-refractivity contribution in [2.75, 3.05) is 0 Å². The third-order valence-corrected chi connectivity index (χ3v) is 7.09. The molecule has 0 aliphatic heterocycles. The van der Waals surface area contributed by atoms with Crippen molar-refractivity contribution in [3.63, 3.8) is 0 Å². The number of aliphatic hydroxyl groups excluding tert-OH is 1. The van der Waals surface area contributed by atoms with Crippen molar-refractivity contribution in [2.45, 2.75) is 91.9 Å². The summed E-state index contributed by atoms with van der Waals surface area (Å²) in [5.74, 6) is -2.49. The van der Waals surface area contributed by atoms with E-state index in [0.29, 0.717) is 6.42 Å². The Morgan fingerprint density at radius 1 is 0.886 bits per heavy atom. The fourth-order valence-electron chi connectivity index (χ4n) is 4.92. The summed E-state index contributed by atoms with van der Waals surface area (Å²) in [5.41, 5.74) is 8.86. The molecular weight excluding hydrogens is 550 g/mol.